The predicted molar refractivity (Wildman–Crippen MR) is 81.9 cm³/mol. The van der Waals surface area contributed by atoms with Crippen LogP contribution in [0.3, 0.4) is 0 Å². The summed E-state index contributed by atoms with van der Waals surface area (Å²) in [4.78, 5) is 2.73. The van der Waals surface area contributed by atoms with Crippen LogP contribution < -0.4 is 10.5 Å². The van der Waals surface area contributed by atoms with Gasteiger partial charge < -0.3 is 10.5 Å². The maximum absolute atomic E-state index is 6.09. The zero-order chi connectivity index (χ0) is 13.9. The van der Waals surface area contributed by atoms with Crippen LogP contribution in [0.1, 0.15) is 43.7 Å². The Morgan fingerprint density at radius 1 is 1.15 bits per heavy atom. The number of hydrogen-bond donors (Lipinski definition) is 1. The van der Waals surface area contributed by atoms with E-state index in [1.807, 2.05) is 0 Å². The number of methoxy groups -OCH3 is 1. The minimum atomic E-state index is 0.501. The van der Waals surface area contributed by atoms with Crippen molar-refractivity contribution in [3.8, 4) is 5.75 Å². The maximum atomic E-state index is 6.09. The molecular weight excluding hydrogens is 248 g/mol. The lowest BCUT2D eigenvalue weighted by atomic mass is 9.89. The lowest BCUT2D eigenvalue weighted by Crippen LogP contribution is -2.37. The first-order valence-corrected chi connectivity index (χ1v) is 7.93. The highest BCUT2D eigenvalue weighted by Gasteiger charge is 2.38. The van der Waals surface area contributed by atoms with Crippen molar-refractivity contribution in [1.29, 1.82) is 0 Å². The molecule has 0 radical (unpaired) electrons. The Hall–Kier alpha value is -1.06. The molecule has 3 rings (SSSR count). The second-order valence-electron chi connectivity index (χ2n) is 6.18. The van der Waals surface area contributed by atoms with Gasteiger partial charge >= 0.3 is 0 Å². The number of hydrogen-bond acceptors (Lipinski definition) is 3. The molecule has 1 heterocycles. The van der Waals surface area contributed by atoms with Crippen LogP contribution in [0, 0.1) is 5.92 Å². The van der Waals surface area contributed by atoms with E-state index >= 15 is 0 Å². The van der Waals surface area contributed by atoms with Crippen LogP contribution in [-0.4, -0.2) is 31.1 Å². The van der Waals surface area contributed by atoms with Gasteiger partial charge in [-0.25, -0.2) is 0 Å². The van der Waals surface area contributed by atoms with E-state index in [1.54, 1.807) is 7.11 Å². The summed E-state index contributed by atoms with van der Waals surface area (Å²) >= 11 is 0. The molecule has 1 saturated carbocycles. The van der Waals surface area contributed by atoms with Gasteiger partial charge in [-0.2, -0.15) is 0 Å². The van der Waals surface area contributed by atoms with Crippen molar-refractivity contribution < 1.29 is 4.74 Å². The Balaban J connectivity index is 1.89. The van der Waals surface area contributed by atoms with Crippen LogP contribution in [0.4, 0.5) is 0 Å². The van der Waals surface area contributed by atoms with E-state index in [-0.39, 0.29) is 0 Å². The molecule has 0 aromatic heterocycles. The summed E-state index contributed by atoms with van der Waals surface area (Å²) in [5.74, 6) is 1.52. The summed E-state index contributed by atoms with van der Waals surface area (Å²) in [6.07, 6.45) is 6.63. The van der Waals surface area contributed by atoms with Crippen molar-refractivity contribution in [3.63, 3.8) is 0 Å². The summed E-state index contributed by atoms with van der Waals surface area (Å²) in [7, 11) is 1.72. The molecule has 3 nitrogen and oxygen atoms in total. The molecular formula is C17H26N2O. The second kappa shape index (κ2) is 6.15. The number of rotatable bonds is 4. The van der Waals surface area contributed by atoms with Crippen molar-refractivity contribution in [2.75, 3.05) is 20.2 Å². The molecule has 110 valence electrons. The third kappa shape index (κ3) is 2.84. The van der Waals surface area contributed by atoms with Gasteiger partial charge in [0.15, 0.2) is 0 Å². The van der Waals surface area contributed by atoms with Crippen molar-refractivity contribution in [1.82, 2.24) is 4.90 Å². The fourth-order valence-electron chi connectivity index (χ4n) is 3.60. The van der Waals surface area contributed by atoms with Gasteiger partial charge in [-0.05, 0) is 62.4 Å². The molecule has 1 aromatic rings. The average Bonchev–Trinajstić information content (AvgIpc) is 3.32. The monoisotopic (exact) mass is 274 g/mol. The first-order chi connectivity index (χ1) is 9.83. The van der Waals surface area contributed by atoms with E-state index in [9.17, 15) is 0 Å². The minimum Gasteiger partial charge on any atom is -0.497 e. The Kier molecular flexibility index (Phi) is 4.27. The van der Waals surface area contributed by atoms with E-state index < -0.39 is 0 Å². The second-order valence-corrected chi connectivity index (χ2v) is 6.18. The van der Waals surface area contributed by atoms with E-state index in [2.05, 4.69) is 29.2 Å². The first-order valence-electron chi connectivity index (χ1n) is 7.93. The highest BCUT2D eigenvalue weighted by molar-refractivity contribution is 5.30. The summed E-state index contributed by atoms with van der Waals surface area (Å²) in [6.45, 7) is 2.03. The SMILES string of the molecule is COc1ccc(C2C(CN)CCCCN2C2CC2)cc1. The molecule has 1 saturated heterocycles. The first kappa shape index (κ1) is 13.9. The largest absolute Gasteiger partial charge is 0.497 e. The standard InChI is InChI=1S/C17H26N2O/c1-20-16-9-5-13(6-10-16)17-14(12-18)4-2-3-11-19(17)15-7-8-15/h5-6,9-10,14-15,17H,2-4,7-8,11-12,18H2,1H3. The Morgan fingerprint density at radius 3 is 2.50 bits per heavy atom. The smallest absolute Gasteiger partial charge is 0.118 e. The Labute approximate surface area is 122 Å². The summed E-state index contributed by atoms with van der Waals surface area (Å²) < 4.78 is 5.28. The molecule has 3 heteroatoms. The van der Waals surface area contributed by atoms with Gasteiger partial charge in [0.2, 0.25) is 0 Å². The molecule has 2 atom stereocenters. The van der Waals surface area contributed by atoms with Crippen LogP contribution in [-0.2, 0) is 0 Å². The van der Waals surface area contributed by atoms with Crippen LogP contribution in [0.2, 0.25) is 0 Å². The van der Waals surface area contributed by atoms with Crippen molar-refractivity contribution in [3.05, 3.63) is 29.8 Å². The van der Waals surface area contributed by atoms with Crippen molar-refractivity contribution in [2.24, 2.45) is 11.7 Å². The molecule has 0 spiro atoms. The Bertz CT molecular complexity index is 427. The van der Waals surface area contributed by atoms with Gasteiger partial charge in [0.05, 0.1) is 7.11 Å². The highest BCUT2D eigenvalue weighted by atomic mass is 16.5. The van der Waals surface area contributed by atoms with Gasteiger partial charge in [-0.15, -0.1) is 0 Å². The van der Waals surface area contributed by atoms with E-state index in [0.717, 1.165) is 18.3 Å². The van der Waals surface area contributed by atoms with E-state index in [4.69, 9.17) is 10.5 Å². The fourth-order valence-corrected chi connectivity index (χ4v) is 3.60. The molecule has 1 aliphatic carbocycles. The number of likely N-dealkylation sites (tertiary alicyclic amines) is 1. The van der Waals surface area contributed by atoms with E-state index in [0.29, 0.717) is 12.0 Å². The van der Waals surface area contributed by atoms with Crippen LogP contribution in [0.5, 0.6) is 5.75 Å². The average molecular weight is 274 g/mol. The van der Waals surface area contributed by atoms with Crippen molar-refractivity contribution >= 4 is 0 Å². The summed E-state index contributed by atoms with van der Waals surface area (Å²) in [5, 5.41) is 0. The summed E-state index contributed by atoms with van der Waals surface area (Å²) in [6, 6.07) is 9.92. The molecule has 2 unspecified atom stereocenters. The third-order valence-electron chi connectivity index (χ3n) is 4.82. The van der Waals surface area contributed by atoms with Gasteiger partial charge in [-0.3, -0.25) is 4.90 Å². The molecule has 2 N–H and O–H groups in total. The lowest BCUT2D eigenvalue weighted by Gasteiger charge is -2.35. The quantitative estimate of drug-likeness (QED) is 0.917. The predicted octanol–water partition coefficient (Wildman–Crippen LogP) is 2.96. The molecule has 1 aliphatic heterocycles. The zero-order valence-electron chi connectivity index (χ0n) is 12.4. The molecule has 0 amide bonds. The van der Waals surface area contributed by atoms with Gasteiger partial charge in [0.1, 0.15) is 5.75 Å². The van der Waals surface area contributed by atoms with Gasteiger partial charge in [0.25, 0.3) is 0 Å². The molecule has 0 bridgehead atoms. The number of nitrogens with two attached hydrogens (primary N) is 1. The Morgan fingerprint density at radius 2 is 1.90 bits per heavy atom. The van der Waals surface area contributed by atoms with Gasteiger partial charge in [-0.1, -0.05) is 18.6 Å². The van der Waals surface area contributed by atoms with Crippen LogP contribution in [0.25, 0.3) is 0 Å². The van der Waals surface area contributed by atoms with E-state index in [1.165, 1.54) is 44.2 Å². The molecule has 20 heavy (non-hydrogen) atoms. The summed E-state index contributed by atoms with van der Waals surface area (Å²) in [5.41, 5.74) is 7.50. The van der Waals surface area contributed by atoms with Crippen molar-refractivity contribution in [2.45, 2.75) is 44.2 Å². The number of nitrogens with zero attached hydrogens (tertiary/aromatic N) is 1. The maximum Gasteiger partial charge on any atom is 0.118 e. The fraction of sp³-hybridized carbons (Fsp3) is 0.647. The van der Waals surface area contributed by atoms with Crippen LogP contribution in [0.15, 0.2) is 24.3 Å². The molecule has 1 aromatic carbocycles. The highest BCUT2D eigenvalue weighted by Crippen LogP contribution is 2.41. The third-order valence-corrected chi connectivity index (χ3v) is 4.82. The van der Waals surface area contributed by atoms with Gasteiger partial charge in [0, 0.05) is 12.1 Å². The number of ether oxygens (including phenoxy) is 1. The lowest BCUT2D eigenvalue weighted by molar-refractivity contribution is 0.149. The zero-order valence-corrected chi connectivity index (χ0v) is 12.4. The van der Waals surface area contributed by atoms with Crippen LogP contribution >= 0.6 is 0 Å². The minimum absolute atomic E-state index is 0.501. The normalized spacial score (nSPS) is 28.1. The molecule has 2 aliphatic rings. The number of benzene rings is 1. The topological polar surface area (TPSA) is 38.5 Å². The molecule has 2 fully saturated rings.